The van der Waals surface area contributed by atoms with E-state index < -0.39 is 19.6 Å². The van der Waals surface area contributed by atoms with Crippen molar-refractivity contribution in [1.82, 2.24) is 9.97 Å². The predicted octanol–water partition coefficient (Wildman–Crippen LogP) is 8.19. The molecule has 2 aromatic carbocycles. The minimum Gasteiger partial charge on any atom is -0.437 e. The van der Waals surface area contributed by atoms with E-state index in [1.807, 2.05) is 24.3 Å². The molecule has 1 aliphatic rings. The van der Waals surface area contributed by atoms with Crippen LogP contribution in [0, 0.1) is 6.85 Å². The summed E-state index contributed by atoms with van der Waals surface area (Å²) in [5.41, 5.74) is 4.90. The molecule has 3 heterocycles. The summed E-state index contributed by atoms with van der Waals surface area (Å²) in [6, 6.07) is 16.6. The first kappa shape index (κ1) is 14.7. The Morgan fingerprint density at radius 1 is 0.912 bits per heavy atom. The number of rotatable bonds is 2. The first-order valence-corrected chi connectivity index (χ1v) is 11.6. The van der Waals surface area contributed by atoms with Gasteiger partial charge in [0.15, 0.2) is 0 Å². The molecule has 6 rings (SSSR count). The van der Waals surface area contributed by atoms with Crippen LogP contribution in [0.15, 0.2) is 65.2 Å². The van der Waals surface area contributed by atoms with Crippen molar-refractivity contribution in [3.63, 3.8) is 0 Å². The maximum absolute atomic E-state index is 8.53. The van der Waals surface area contributed by atoms with Crippen molar-refractivity contribution in [2.24, 2.45) is 0 Å². The number of nitrogens with zero attached hydrogens (tertiary/aromatic N) is 2. The summed E-state index contributed by atoms with van der Waals surface area (Å²) < 4.78 is 64.6. The maximum atomic E-state index is 8.53. The van der Waals surface area contributed by atoms with E-state index in [0.29, 0.717) is 39.0 Å². The van der Waals surface area contributed by atoms with Gasteiger partial charge < -0.3 is 4.42 Å². The van der Waals surface area contributed by atoms with Gasteiger partial charge in [-0.05, 0) is 84.4 Å². The first-order valence-electron chi connectivity index (χ1n) is 15.1. The number of aryl methyl sites for hydroxylation is 3. The monoisotopic (exact) mass is 453 g/mol. The van der Waals surface area contributed by atoms with Crippen LogP contribution in [0.3, 0.4) is 0 Å². The van der Waals surface area contributed by atoms with Crippen molar-refractivity contribution in [2.75, 3.05) is 0 Å². The molecule has 5 aromatic rings. The van der Waals surface area contributed by atoms with Crippen LogP contribution in [-0.4, -0.2) is 9.97 Å². The van der Waals surface area contributed by atoms with Crippen LogP contribution in [0.4, 0.5) is 0 Å². The van der Waals surface area contributed by atoms with Crippen LogP contribution in [0.25, 0.3) is 44.6 Å². The van der Waals surface area contributed by atoms with Gasteiger partial charge in [0.05, 0.1) is 11.4 Å². The van der Waals surface area contributed by atoms with E-state index in [2.05, 4.69) is 37.9 Å². The molecular weight excluding hydrogens is 416 g/mol. The molecule has 0 bridgehead atoms. The fourth-order valence-electron chi connectivity index (χ4n) is 4.55. The second-order valence-electron chi connectivity index (χ2n) is 9.81. The molecule has 3 nitrogen and oxygen atoms in total. The summed E-state index contributed by atoms with van der Waals surface area (Å²) in [6.07, 6.45) is -1.88. The van der Waals surface area contributed by atoms with Crippen molar-refractivity contribution < 1.29 is 14.0 Å². The Morgan fingerprint density at radius 3 is 2.47 bits per heavy atom. The zero-order valence-electron chi connectivity index (χ0n) is 26.5. The van der Waals surface area contributed by atoms with Gasteiger partial charge in [-0.25, -0.2) is 4.98 Å². The van der Waals surface area contributed by atoms with Crippen molar-refractivity contribution in [1.29, 1.82) is 0 Å². The van der Waals surface area contributed by atoms with Crippen LogP contribution >= 0.6 is 0 Å². The minimum atomic E-state index is -2.41. The number of hydrogen-bond donors (Lipinski definition) is 0. The van der Waals surface area contributed by atoms with E-state index in [4.69, 9.17) is 19.0 Å². The molecule has 0 amide bonds. The lowest BCUT2D eigenvalue weighted by atomic mass is 9.86. The van der Waals surface area contributed by atoms with Gasteiger partial charge in [-0.2, -0.15) is 0 Å². The number of pyridine rings is 2. The molecule has 0 N–H and O–H groups in total. The van der Waals surface area contributed by atoms with Crippen LogP contribution in [-0.2, 0) is 18.2 Å². The number of aromatic nitrogens is 2. The molecule has 0 saturated carbocycles. The molecular formula is C31H30N2O. The largest absolute Gasteiger partial charge is 0.437 e. The second kappa shape index (κ2) is 7.80. The summed E-state index contributed by atoms with van der Waals surface area (Å²) in [4.78, 5) is 9.27. The molecule has 3 heteroatoms. The summed E-state index contributed by atoms with van der Waals surface area (Å²) in [7, 11) is 0. The molecule has 0 fully saturated rings. The van der Waals surface area contributed by atoms with Crippen molar-refractivity contribution in [3.05, 3.63) is 83.0 Å². The fraction of sp³-hybridized carbons (Fsp3) is 0.290. The molecule has 0 atom stereocenters. The highest BCUT2D eigenvalue weighted by Gasteiger charge is 2.19. The van der Waals surface area contributed by atoms with E-state index in [9.17, 15) is 0 Å². The summed E-state index contributed by atoms with van der Waals surface area (Å²) in [6.45, 7) is 4.05. The van der Waals surface area contributed by atoms with Gasteiger partial charge >= 0.3 is 0 Å². The van der Waals surface area contributed by atoms with Crippen LogP contribution < -0.4 is 0 Å². The Hall–Kier alpha value is -3.46. The topological polar surface area (TPSA) is 38.9 Å². The zero-order chi connectivity index (χ0) is 29.5. The highest BCUT2D eigenvalue weighted by molar-refractivity contribution is 6.10. The van der Waals surface area contributed by atoms with E-state index in [0.717, 1.165) is 5.56 Å². The van der Waals surface area contributed by atoms with Crippen molar-refractivity contribution in [2.45, 2.75) is 58.6 Å². The van der Waals surface area contributed by atoms with E-state index >= 15 is 0 Å². The normalized spacial score (nSPS) is 20.4. The summed E-state index contributed by atoms with van der Waals surface area (Å²) in [5, 5.41) is 0.977. The third-order valence-corrected chi connectivity index (χ3v) is 6.47. The van der Waals surface area contributed by atoms with Crippen LogP contribution in [0.5, 0.6) is 0 Å². The molecule has 0 saturated heterocycles. The standard InChI is InChI=1S/C31H30N2O/c1-19-9-14-24(27-17-21-7-5-6-8-22(21)18-32-27)29-28(19)25-15-16-26(33-30(25)34-29)20-10-12-23(13-11-20)31(2,3)4/h9-18H,5-8H2,1-4H3/i1D3,7D2,8D2. The molecule has 3 aromatic heterocycles. The first-order chi connectivity index (χ1) is 19.1. The van der Waals surface area contributed by atoms with Gasteiger partial charge in [0, 0.05) is 37.7 Å². The SMILES string of the molecule is [2H]C([2H])([2H])c1ccc(-c2cc3c(cn2)C([2H])([2H])CCC3([2H])[2H])c2oc3nc(-c4ccc(C(C)(C)C)cc4)ccc3c12. The van der Waals surface area contributed by atoms with Crippen LogP contribution in [0.1, 0.15) is 65.5 Å². The maximum Gasteiger partial charge on any atom is 0.227 e. The highest BCUT2D eigenvalue weighted by atomic mass is 16.3. The molecule has 170 valence electrons. The molecule has 0 unspecified atom stereocenters. The van der Waals surface area contributed by atoms with Gasteiger partial charge in [0.2, 0.25) is 5.71 Å². The minimum absolute atomic E-state index is 0.0177. The summed E-state index contributed by atoms with van der Waals surface area (Å²) in [5.74, 6) is 0. The van der Waals surface area contributed by atoms with Gasteiger partial charge in [-0.3, -0.25) is 4.98 Å². The smallest absolute Gasteiger partial charge is 0.227 e. The van der Waals surface area contributed by atoms with Gasteiger partial charge in [-0.1, -0.05) is 51.1 Å². The predicted molar refractivity (Wildman–Crippen MR) is 140 cm³/mol. The van der Waals surface area contributed by atoms with E-state index in [1.54, 1.807) is 12.1 Å². The third kappa shape index (κ3) is 3.51. The Balaban J connectivity index is 1.55. The number of fused-ring (bicyclic) bond motifs is 4. The average Bonchev–Trinajstić information content (AvgIpc) is 3.28. The molecule has 0 aliphatic heterocycles. The van der Waals surface area contributed by atoms with Gasteiger partial charge in [0.25, 0.3) is 0 Å². The molecule has 0 spiro atoms. The Labute approximate surface area is 210 Å². The quantitative estimate of drug-likeness (QED) is 0.270. The lowest BCUT2D eigenvalue weighted by Gasteiger charge is -2.19. The number of benzene rings is 2. The van der Waals surface area contributed by atoms with Gasteiger partial charge in [-0.15, -0.1) is 0 Å². The Kier molecular flexibility index (Phi) is 3.38. The van der Waals surface area contributed by atoms with Gasteiger partial charge in [0.1, 0.15) is 5.58 Å². The molecule has 34 heavy (non-hydrogen) atoms. The Bertz CT molecular complexity index is 1810. The zero-order valence-corrected chi connectivity index (χ0v) is 19.5. The number of hydrogen-bond acceptors (Lipinski definition) is 3. The molecule has 0 radical (unpaired) electrons. The lowest BCUT2D eigenvalue weighted by molar-refractivity contribution is 0.590. The van der Waals surface area contributed by atoms with Crippen molar-refractivity contribution in [3.8, 4) is 22.5 Å². The summed E-state index contributed by atoms with van der Waals surface area (Å²) >= 11 is 0. The molecule has 1 aliphatic carbocycles. The van der Waals surface area contributed by atoms with E-state index in [1.165, 1.54) is 17.8 Å². The highest BCUT2D eigenvalue weighted by Crippen LogP contribution is 2.38. The van der Waals surface area contributed by atoms with Crippen LogP contribution in [0.2, 0.25) is 0 Å². The average molecular weight is 454 g/mol. The Morgan fingerprint density at radius 2 is 1.71 bits per heavy atom. The fourth-order valence-corrected chi connectivity index (χ4v) is 4.55. The van der Waals surface area contributed by atoms with E-state index in [-0.39, 0.29) is 34.9 Å². The lowest BCUT2D eigenvalue weighted by Crippen LogP contribution is -2.10. The number of furan rings is 1. The third-order valence-electron chi connectivity index (χ3n) is 6.47. The van der Waals surface area contributed by atoms with Crippen molar-refractivity contribution >= 4 is 22.1 Å². The second-order valence-corrected chi connectivity index (χ2v) is 9.81.